The maximum atomic E-state index is 12.3. The average Bonchev–Trinajstić information content (AvgIpc) is 2.70. The van der Waals surface area contributed by atoms with Gasteiger partial charge in [-0.25, -0.2) is 0 Å². The monoisotopic (exact) mass is 395 g/mol. The van der Waals surface area contributed by atoms with E-state index in [2.05, 4.69) is 10.6 Å². The predicted molar refractivity (Wildman–Crippen MR) is 104 cm³/mol. The summed E-state index contributed by atoms with van der Waals surface area (Å²) in [7, 11) is 0. The molecular formula is C20H33N3O5. The van der Waals surface area contributed by atoms with Gasteiger partial charge >= 0.3 is 0 Å². The standard InChI is InChI=1S/C20H33N3O5/c24-14-18-17(22-20(26)13-23-8-10-27-11-9-23)7-6-16(28-18)12-19(25)21-15-4-2-1-3-5-15/h6-7,15-18,24H,1-5,8-14H2,(H,21,25)(H,22,26)/t16-,17+,18-/m1/s1. The number of carbonyl (C=O) groups excluding carboxylic acids is 2. The van der Waals surface area contributed by atoms with Gasteiger partial charge in [0, 0.05) is 19.1 Å². The van der Waals surface area contributed by atoms with Gasteiger partial charge in [-0.05, 0) is 12.8 Å². The molecule has 2 amide bonds. The Hall–Kier alpha value is -1.48. The summed E-state index contributed by atoms with van der Waals surface area (Å²) in [6.07, 6.45) is 8.63. The van der Waals surface area contributed by atoms with Gasteiger partial charge < -0.3 is 25.2 Å². The number of morpholine rings is 1. The summed E-state index contributed by atoms with van der Waals surface area (Å²) in [5, 5.41) is 15.7. The van der Waals surface area contributed by atoms with Gasteiger partial charge in [0.1, 0.15) is 6.10 Å². The zero-order valence-electron chi connectivity index (χ0n) is 16.5. The molecule has 0 aromatic heterocycles. The molecule has 1 saturated heterocycles. The first-order chi connectivity index (χ1) is 13.6. The van der Waals surface area contributed by atoms with Crippen molar-refractivity contribution in [3.8, 4) is 0 Å². The van der Waals surface area contributed by atoms with Crippen LogP contribution in [0.1, 0.15) is 38.5 Å². The number of amides is 2. The highest BCUT2D eigenvalue weighted by Gasteiger charge is 2.30. The zero-order valence-corrected chi connectivity index (χ0v) is 16.5. The van der Waals surface area contributed by atoms with E-state index in [-0.39, 0.29) is 37.0 Å². The molecule has 0 spiro atoms. The summed E-state index contributed by atoms with van der Waals surface area (Å²) in [6.45, 7) is 2.86. The maximum Gasteiger partial charge on any atom is 0.234 e. The molecule has 3 atom stereocenters. The molecule has 0 aromatic carbocycles. The molecule has 1 aliphatic carbocycles. The third-order valence-electron chi connectivity index (χ3n) is 5.62. The molecule has 1 saturated carbocycles. The second kappa shape index (κ2) is 10.9. The van der Waals surface area contributed by atoms with Crippen LogP contribution in [0, 0.1) is 0 Å². The Morgan fingerprint density at radius 1 is 1.04 bits per heavy atom. The molecule has 8 nitrogen and oxygen atoms in total. The first kappa shape index (κ1) is 21.2. The fraction of sp³-hybridized carbons (Fsp3) is 0.800. The zero-order chi connectivity index (χ0) is 19.8. The Kier molecular flexibility index (Phi) is 8.27. The fourth-order valence-corrected chi connectivity index (χ4v) is 4.05. The van der Waals surface area contributed by atoms with Crippen LogP contribution < -0.4 is 10.6 Å². The van der Waals surface area contributed by atoms with Crippen molar-refractivity contribution in [3.63, 3.8) is 0 Å². The van der Waals surface area contributed by atoms with Gasteiger partial charge in [0.15, 0.2) is 0 Å². The number of hydrogen-bond donors (Lipinski definition) is 3. The largest absolute Gasteiger partial charge is 0.394 e. The van der Waals surface area contributed by atoms with Gasteiger partial charge in [-0.2, -0.15) is 0 Å². The van der Waals surface area contributed by atoms with E-state index < -0.39 is 12.1 Å². The topological polar surface area (TPSA) is 100 Å². The van der Waals surface area contributed by atoms with Crippen LogP contribution in [0.3, 0.4) is 0 Å². The van der Waals surface area contributed by atoms with Crippen molar-refractivity contribution in [2.75, 3.05) is 39.5 Å². The van der Waals surface area contributed by atoms with Crippen LogP contribution in [0.25, 0.3) is 0 Å². The molecule has 2 heterocycles. The number of carbonyl (C=O) groups is 2. The summed E-state index contributed by atoms with van der Waals surface area (Å²) in [4.78, 5) is 26.6. The summed E-state index contributed by atoms with van der Waals surface area (Å²) in [5.41, 5.74) is 0. The number of rotatable bonds is 7. The first-order valence-corrected chi connectivity index (χ1v) is 10.5. The fourth-order valence-electron chi connectivity index (χ4n) is 4.05. The minimum atomic E-state index is -0.550. The molecule has 2 fully saturated rings. The van der Waals surface area contributed by atoms with Crippen molar-refractivity contribution in [2.45, 2.75) is 62.8 Å². The van der Waals surface area contributed by atoms with Crippen LogP contribution in [-0.2, 0) is 19.1 Å². The second-order valence-corrected chi connectivity index (χ2v) is 7.87. The van der Waals surface area contributed by atoms with Crippen LogP contribution in [0.4, 0.5) is 0 Å². The second-order valence-electron chi connectivity index (χ2n) is 7.87. The van der Waals surface area contributed by atoms with Gasteiger partial charge in [0.2, 0.25) is 11.8 Å². The highest BCUT2D eigenvalue weighted by Crippen LogP contribution is 2.19. The lowest BCUT2D eigenvalue weighted by Gasteiger charge is -2.33. The minimum Gasteiger partial charge on any atom is -0.394 e. The van der Waals surface area contributed by atoms with E-state index in [1.807, 2.05) is 17.1 Å². The van der Waals surface area contributed by atoms with Crippen molar-refractivity contribution in [2.24, 2.45) is 0 Å². The van der Waals surface area contributed by atoms with Crippen LogP contribution in [0.2, 0.25) is 0 Å². The Labute approximate surface area is 166 Å². The highest BCUT2D eigenvalue weighted by molar-refractivity contribution is 5.79. The van der Waals surface area contributed by atoms with Crippen molar-refractivity contribution < 1.29 is 24.2 Å². The van der Waals surface area contributed by atoms with Crippen molar-refractivity contribution in [1.29, 1.82) is 0 Å². The summed E-state index contributed by atoms with van der Waals surface area (Å²) in [5.74, 6) is -0.125. The van der Waals surface area contributed by atoms with E-state index in [0.29, 0.717) is 19.8 Å². The number of nitrogens with one attached hydrogen (secondary N) is 2. The Morgan fingerprint density at radius 2 is 1.79 bits per heavy atom. The van der Waals surface area contributed by atoms with Crippen molar-refractivity contribution in [3.05, 3.63) is 12.2 Å². The molecule has 158 valence electrons. The molecule has 0 radical (unpaired) electrons. The van der Waals surface area contributed by atoms with Crippen LogP contribution in [0.15, 0.2) is 12.2 Å². The molecule has 3 rings (SSSR count). The van der Waals surface area contributed by atoms with Gasteiger partial charge in [-0.3, -0.25) is 14.5 Å². The Balaban J connectivity index is 1.44. The molecular weight excluding hydrogens is 362 g/mol. The lowest BCUT2D eigenvalue weighted by atomic mass is 9.95. The lowest BCUT2D eigenvalue weighted by Crippen LogP contribution is -2.52. The van der Waals surface area contributed by atoms with Crippen LogP contribution in [-0.4, -0.2) is 85.6 Å². The molecule has 3 N–H and O–H groups in total. The highest BCUT2D eigenvalue weighted by atomic mass is 16.5. The Morgan fingerprint density at radius 3 is 2.50 bits per heavy atom. The van der Waals surface area contributed by atoms with E-state index in [9.17, 15) is 14.7 Å². The first-order valence-electron chi connectivity index (χ1n) is 10.5. The lowest BCUT2D eigenvalue weighted by molar-refractivity contribution is -0.129. The van der Waals surface area contributed by atoms with Crippen LogP contribution >= 0.6 is 0 Å². The number of nitrogens with zero attached hydrogens (tertiary/aromatic N) is 1. The SMILES string of the molecule is O=C(C[C@H]1C=C[C@H](NC(=O)CN2CCOCC2)[C@@H](CO)O1)NC1CCCCC1. The molecule has 3 aliphatic rings. The minimum absolute atomic E-state index is 0.0203. The molecule has 0 unspecified atom stereocenters. The molecule has 0 bridgehead atoms. The summed E-state index contributed by atoms with van der Waals surface area (Å²) < 4.78 is 11.1. The quantitative estimate of drug-likeness (QED) is 0.523. The van der Waals surface area contributed by atoms with E-state index in [1.165, 1.54) is 19.3 Å². The molecule has 2 aliphatic heterocycles. The van der Waals surface area contributed by atoms with Crippen molar-refractivity contribution in [1.82, 2.24) is 15.5 Å². The molecule has 8 heteroatoms. The van der Waals surface area contributed by atoms with Crippen molar-refractivity contribution >= 4 is 11.8 Å². The summed E-state index contributed by atoms with van der Waals surface area (Å²) >= 11 is 0. The van der Waals surface area contributed by atoms with Gasteiger partial charge in [-0.1, -0.05) is 31.4 Å². The molecule has 0 aromatic rings. The van der Waals surface area contributed by atoms with E-state index in [1.54, 1.807) is 0 Å². The number of hydrogen-bond acceptors (Lipinski definition) is 6. The van der Waals surface area contributed by atoms with E-state index >= 15 is 0 Å². The average molecular weight is 396 g/mol. The Bertz CT molecular complexity index is 544. The van der Waals surface area contributed by atoms with E-state index in [4.69, 9.17) is 9.47 Å². The van der Waals surface area contributed by atoms with Gasteiger partial charge in [0.05, 0.1) is 44.9 Å². The maximum absolute atomic E-state index is 12.3. The number of aliphatic hydroxyl groups is 1. The van der Waals surface area contributed by atoms with Crippen LogP contribution in [0.5, 0.6) is 0 Å². The van der Waals surface area contributed by atoms with E-state index in [0.717, 1.165) is 25.9 Å². The normalized spacial score (nSPS) is 29.4. The molecule has 28 heavy (non-hydrogen) atoms. The number of aliphatic hydroxyl groups excluding tert-OH is 1. The predicted octanol–water partition coefficient (Wildman–Crippen LogP) is -0.0417. The third kappa shape index (κ3) is 6.55. The van der Waals surface area contributed by atoms with Gasteiger partial charge in [-0.15, -0.1) is 0 Å². The summed E-state index contributed by atoms with van der Waals surface area (Å²) in [6, 6.07) is -0.120. The smallest absolute Gasteiger partial charge is 0.234 e. The van der Waals surface area contributed by atoms with Gasteiger partial charge in [0.25, 0.3) is 0 Å². The third-order valence-corrected chi connectivity index (χ3v) is 5.62. The number of ether oxygens (including phenoxy) is 2.